The minimum Gasteiger partial charge on any atom is -0.456 e. The van der Waals surface area contributed by atoms with Crippen LogP contribution >= 0.6 is 0 Å². The van der Waals surface area contributed by atoms with Gasteiger partial charge in [-0.3, -0.25) is 4.79 Å². The number of hydrogen-bond acceptors (Lipinski definition) is 2. The Labute approximate surface area is 100 Å². The molecule has 0 saturated heterocycles. The molecule has 1 N–H and O–H groups in total. The van der Waals surface area contributed by atoms with Crippen molar-refractivity contribution in [1.29, 1.82) is 0 Å². The van der Waals surface area contributed by atoms with Crippen LogP contribution < -0.4 is 5.32 Å². The van der Waals surface area contributed by atoms with Gasteiger partial charge in [0.05, 0.1) is 0 Å². The molecule has 3 nitrogen and oxygen atoms in total. The van der Waals surface area contributed by atoms with Crippen LogP contribution in [0.3, 0.4) is 0 Å². The zero-order chi connectivity index (χ0) is 12.3. The van der Waals surface area contributed by atoms with Gasteiger partial charge in [-0.1, -0.05) is 19.1 Å². The van der Waals surface area contributed by atoms with Crippen LogP contribution in [0.2, 0.25) is 0 Å². The van der Waals surface area contributed by atoms with Gasteiger partial charge in [0.1, 0.15) is 5.76 Å². The van der Waals surface area contributed by atoms with Gasteiger partial charge in [0.25, 0.3) is 5.91 Å². The summed E-state index contributed by atoms with van der Waals surface area (Å²) in [5, 5.41) is 2.81. The molecule has 2 aromatic rings. The number of furan rings is 1. The monoisotopic (exact) mass is 229 g/mol. The Balaban J connectivity index is 2.12. The minimum atomic E-state index is -0.216. The average molecular weight is 229 g/mol. The molecule has 0 radical (unpaired) electrons. The number of carbonyl (C=O) groups is 1. The Morgan fingerprint density at radius 3 is 2.76 bits per heavy atom. The lowest BCUT2D eigenvalue weighted by molar-refractivity contribution is 0.0995. The third kappa shape index (κ3) is 2.75. The molecule has 0 spiro atoms. The highest BCUT2D eigenvalue weighted by atomic mass is 16.3. The summed E-state index contributed by atoms with van der Waals surface area (Å²) in [6, 6.07) is 11.3. The average Bonchev–Trinajstić information content (AvgIpc) is 2.76. The van der Waals surface area contributed by atoms with Crippen molar-refractivity contribution >= 4 is 11.6 Å². The van der Waals surface area contributed by atoms with E-state index in [0.717, 1.165) is 17.9 Å². The quantitative estimate of drug-likeness (QED) is 0.876. The summed E-state index contributed by atoms with van der Waals surface area (Å²) in [5.41, 5.74) is 1.99. The topological polar surface area (TPSA) is 42.2 Å². The van der Waals surface area contributed by atoms with Crippen molar-refractivity contribution in [3.05, 3.63) is 53.5 Å². The highest BCUT2D eigenvalue weighted by Crippen LogP contribution is 2.13. The van der Waals surface area contributed by atoms with Crippen LogP contribution in [0, 0.1) is 6.92 Å². The second-order valence-corrected chi connectivity index (χ2v) is 3.92. The molecule has 1 amide bonds. The lowest BCUT2D eigenvalue weighted by Gasteiger charge is -2.04. The summed E-state index contributed by atoms with van der Waals surface area (Å²) in [5.74, 6) is 0.855. The highest BCUT2D eigenvalue weighted by molar-refractivity contribution is 6.02. The van der Waals surface area contributed by atoms with Crippen molar-refractivity contribution in [2.45, 2.75) is 20.3 Å². The molecule has 17 heavy (non-hydrogen) atoms. The molecule has 0 aliphatic carbocycles. The number of benzene rings is 1. The maximum Gasteiger partial charge on any atom is 0.291 e. The number of carbonyl (C=O) groups excluding carboxylic acids is 1. The predicted octanol–water partition coefficient (Wildman–Crippen LogP) is 3.40. The van der Waals surface area contributed by atoms with Crippen LogP contribution in [0.4, 0.5) is 5.69 Å². The van der Waals surface area contributed by atoms with Gasteiger partial charge in [-0.15, -0.1) is 0 Å². The van der Waals surface area contributed by atoms with Gasteiger partial charge in [0, 0.05) is 5.69 Å². The number of amides is 1. The first kappa shape index (κ1) is 11.5. The van der Waals surface area contributed by atoms with Crippen molar-refractivity contribution in [2.75, 3.05) is 5.32 Å². The van der Waals surface area contributed by atoms with E-state index in [1.165, 1.54) is 5.56 Å². The van der Waals surface area contributed by atoms with Crippen LogP contribution in [0.15, 0.2) is 40.8 Å². The molecule has 0 bridgehead atoms. The molecule has 2 rings (SSSR count). The van der Waals surface area contributed by atoms with Gasteiger partial charge in [-0.25, -0.2) is 0 Å². The molecule has 0 aliphatic rings. The van der Waals surface area contributed by atoms with E-state index >= 15 is 0 Å². The van der Waals surface area contributed by atoms with Crippen molar-refractivity contribution in [1.82, 2.24) is 0 Å². The molecule has 1 aromatic heterocycles. The summed E-state index contributed by atoms with van der Waals surface area (Å²) in [6.07, 6.45) is 0.948. The van der Waals surface area contributed by atoms with Gasteiger partial charge >= 0.3 is 0 Å². The first-order valence-corrected chi connectivity index (χ1v) is 5.66. The van der Waals surface area contributed by atoms with E-state index < -0.39 is 0 Å². The number of aryl methyl sites for hydroxylation is 2. The van der Waals surface area contributed by atoms with E-state index in [2.05, 4.69) is 12.2 Å². The van der Waals surface area contributed by atoms with E-state index in [4.69, 9.17) is 4.42 Å². The van der Waals surface area contributed by atoms with Gasteiger partial charge < -0.3 is 9.73 Å². The summed E-state index contributed by atoms with van der Waals surface area (Å²) >= 11 is 0. The number of anilines is 1. The van der Waals surface area contributed by atoms with Gasteiger partial charge in [0.2, 0.25) is 0 Å². The van der Waals surface area contributed by atoms with Crippen molar-refractivity contribution in [3.63, 3.8) is 0 Å². The predicted molar refractivity (Wildman–Crippen MR) is 67.2 cm³/mol. The van der Waals surface area contributed by atoms with Gasteiger partial charge in [0.15, 0.2) is 5.76 Å². The summed E-state index contributed by atoms with van der Waals surface area (Å²) in [4.78, 5) is 11.8. The maximum atomic E-state index is 11.8. The van der Waals surface area contributed by atoms with Crippen LogP contribution in [0.5, 0.6) is 0 Å². The van der Waals surface area contributed by atoms with Crippen LogP contribution in [-0.4, -0.2) is 5.91 Å². The molecular weight excluding hydrogens is 214 g/mol. The normalized spacial score (nSPS) is 10.2. The molecule has 0 fully saturated rings. The Morgan fingerprint density at radius 2 is 2.12 bits per heavy atom. The van der Waals surface area contributed by atoms with Crippen LogP contribution in [0.25, 0.3) is 0 Å². The molecule has 0 unspecified atom stereocenters. The minimum absolute atomic E-state index is 0.216. The SMILES string of the molecule is CCc1cccc(NC(=O)c2ccc(C)o2)c1. The number of hydrogen-bond donors (Lipinski definition) is 1. The standard InChI is InChI=1S/C14H15NO2/c1-3-11-5-4-6-12(9-11)15-14(16)13-8-7-10(2)17-13/h4-9H,3H2,1-2H3,(H,15,16). The zero-order valence-corrected chi connectivity index (χ0v) is 9.99. The molecule has 0 atom stereocenters. The Hall–Kier alpha value is -2.03. The van der Waals surface area contributed by atoms with E-state index in [1.807, 2.05) is 31.2 Å². The highest BCUT2D eigenvalue weighted by Gasteiger charge is 2.09. The Bertz CT molecular complexity index is 529. The van der Waals surface area contributed by atoms with Crippen LogP contribution in [0.1, 0.15) is 28.8 Å². The third-order valence-corrected chi connectivity index (χ3v) is 2.56. The molecule has 3 heteroatoms. The summed E-state index contributed by atoms with van der Waals surface area (Å²) in [7, 11) is 0. The van der Waals surface area contributed by atoms with Crippen LogP contribution in [-0.2, 0) is 6.42 Å². The fourth-order valence-electron chi connectivity index (χ4n) is 1.62. The summed E-state index contributed by atoms with van der Waals surface area (Å²) in [6.45, 7) is 3.89. The molecular formula is C14H15NO2. The van der Waals surface area contributed by atoms with Crippen molar-refractivity contribution in [3.8, 4) is 0 Å². The zero-order valence-electron chi connectivity index (χ0n) is 9.99. The van der Waals surface area contributed by atoms with E-state index in [-0.39, 0.29) is 5.91 Å². The molecule has 1 aromatic carbocycles. The molecule has 88 valence electrons. The molecule has 0 saturated carbocycles. The Morgan fingerprint density at radius 1 is 1.29 bits per heavy atom. The lowest BCUT2D eigenvalue weighted by Crippen LogP contribution is -2.10. The number of nitrogens with one attached hydrogen (secondary N) is 1. The van der Waals surface area contributed by atoms with Crippen molar-refractivity contribution < 1.29 is 9.21 Å². The third-order valence-electron chi connectivity index (χ3n) is 2.56. The number of rotatable bonds is 3. The lowest BCUT2D eigenvalue weighted by atomic mass is 10.1. The smallest absolute Gasteiger partial charge is 0.291 e. The molecule has 1 heterocycles. The first-order chi connectivity index (χ1) is 8.19. The fourth-order valence-corrected chi connectivity index (χ4v) is 1.62. The molecule has 0 aliphatic heterocycles. The first-order valence-electron chi connectivity index (χ1n) is 5.66. The maximum absolute atomic E-state index is 11.8. The fraction of sp³-hybridized carbons (Fsp3) is 0.214. The second kappa shape index (κ2) is 4.87. The van der Waals surface area contributed by atoms with Gasteiger partial charge in [-0.05, 0) is 43.2 Å². The summed E-state index contributed by atoms with van der Waals surface area (Å²) < 4.78 is 5.26. The second-order valence-electron chi connectivity index (χ2n) is 3.92. The van der Waals surface area contributed by atoms with E-state index in [9.17, 15) is 4.79 Å². The largest absolute Gasteiger partial charge is 0.456 e. The van der Waals surface area contributed by atoms with E-state index in [0.29, 0.717) is 5.76 Å². The van der Waals surface area contributed by atoms with Gasteiger partial charge in [-0.2, -0.15) is 0 Å². The Kier molecular flexibility index (Phi) is 3.28. The van der Waals surface area contributed by atoms with E-state index in [1.54, 1.807) is 12.1 Å². The van der Waals surface area contributed by atoms with Crippen molar-refractivity contribution in [2.24, 2.45) is 0 Å².